The van der Waals surface area contributed by atoms with Gasteiger partial charge in [0.2, 0.25) is 0 Å². The van der Waals surface area contributed by atoms with Crippen molar-refractivity contribution in [2.75, 3.05) is 8.86 Å². The zero-order chi connectivity index (χ0) is 11.4. The van der Waals surface area contributed by atoms with Gasteiger partial charge in [0, 0.05) is 8.86 Å². The second-order valence-corrected chi connectivity index (χ2v) is 5.77. The van der Waals surface area contributed by atoms with Crippen LogP contribution in [0, 0.1) is 0 Å². The molecule has 0 saturated heterocycles. The van der Waals surface area contributed by atoms with Crippen LogP contribution >= 0.6 is 45.2 Å². The first-order valence-corrected chi connectivity index (χ1v) is 7.31. The maximum absolute atomic E-state index is 11.3. The molecule has 14 heavy (non-hydrogen) atoms. The smallest absolute Gasteiger partial charge is 0.427 e. The molecule has 0 rings (SSSR count). The van der Waals surface area contributed by atoms with Crippen molar-refractivity contribution < 1.29 is 14.3 Å². The van der Waals surface area contributed by atoms with Gasteiger partial charge in [-0.15, -0.1) is 0 Å². The van der Waals surface area contributed by atoms with E-state index >= 15 is 0 Å². The molecule has 0 aromatic heterocycles. The van der Waals surface area contributed by atoms with Gasteiger partial charge in [-0.1, -0.05) is 45.2 Å². The highest BCUT2D eigenvalue weighted by Crippen LogP contribution is 2.18. The number of rotatable bonds is 4. The van der Waals surface area contributed by atoms with Crippen molar-refractivity contribution in [2.24, 2.45) is 0 Å². The normalized spacial score (nSPS) is 12.4. The van der Waals surface area contributed by atoms with Crippen molar-refractivity contribution in [2.45, 2.75) is 38.9 Å². The van der Waals surface area contributed by atoms with Gasteiger partial charge in [0.05, 0.1) is 0 Å². The Balaban J connectivity index is 4.12. The maximum atomic E-state index is 11.3. The Kier molecular flexibility index (Phi) is 6.01. The third-order valence-electron chi connectivity index (χ3n) is 1.36. The molecule has 0 heterocycles. The lowest BCUT2D eigenvalue weighted by Gasteiger charge is -2.26. The van der Waals surface area contributed by atoms with Crippen molar-refractivity contribution in [1.82, 2.24) is 0 Å². The van der Waals surface area contributed by atoms with Crippen LogP contribution in [0.15, 0.2) is 0 Å². The van der Waals surface area contributed by atoms with Crippen LogP contribution in [-0.4, -0.2) is 26.2 Å². The van der Waals surface area contributed by atoms with E-state index in [1.165, 1.54) is 0 Å². The van der Waals surface area contributed by atoms with Crippen LogP contribution in [0.5, 0.6) is 0 Å². The summed E-state index contributed by atoms with van der Waals surface area (Å²) in [6.45, 7) is 7.44. The van der Waals surface area contributed by atoms with E-state index in [2.05, 4.69) is 45.2 Å². The molecule has 0 aliphatic heterocycles. The van der Waals surface area contributed by atoms with E-state index < -0.39 is 17.4 Å². The summed E-state index contributed by atoms with van der Waals surface area (Å²) < 4.78 is 11.8. The predicted octanol–water partition coefficient (Wildman–Crippen LogP) is 3.57. The van der Waals surface area contributed by atoms with Crippen LogP contribution in [0.25, 0.3) is 0 Å². The molecule has 0 aliphatic rings. The average Bonchev–Trinajstić information content (AvgIpc) is 2.02. The fourth-order valence-corrected chi connectivity index (χ4v) is 0.838. The molecule has 0 aromatic rings. The fraction of sp³-hybridized carbons (Fsp3) is 0.889. The number of hydrogen-bond acceptors (Lipinski definition) is 3. The number of ether oxygens (including phenoxy) is 2. The first-order chi connectivity index (χ1) is 6.22. The molecule has 0 fully saturated rings. The van der Waals surface area contributed by atoms with Crippen LogP contribution in [0.1, 0.15) is 27.7 Å². The minimum Gasteiger partial charge on any atom is -0.427 e. The van der Waals surface area contributed by atoms with Crippen LogP contribution < -0.4 is 0 Å². The second-order valence-electron chi connectivity index (χ2n) is 4.24. The van der Waals surface area contributed by atoms with Gasteiger partial charge < -0.3 is 9.47 Å². The molecule has 0 atom stereocenters. The zero-order valence-corrected chi connectivity index (χ0v) is 13.2. The van der Waals surface area contributed by atoms with E-state index in [-0.39, 0.29) is 0 Å². The maximum Gasteiger partial charge on any atom is 0.509 e. The summed E-state index contributed by atoms with van der Waals surface area (Å²) in [7, 11) is 0. The third kappa shape index (κ3) is 6.26. The molecule has 5 heteroatoms. The van der Waals surface area contributed by atoms with Gasteiger partial charge in [-0.2, -0.15) is 0 Å². The SMILES string of the molecule is CC(C)(CI)OC(=O)OC(C)(C)CI. The molecule has 3 nitrogen and oxygen atoms in total. The van der Waals surface area contributed by atoms with Gasteiger partial charge in [-0.25, -0.2) is 4.79 Å². The lowest BCUT2D eigenvalue weighted by atomic mass is 10.2. The van der Waals surface area contributed by atoms with Crippen LogP contribution in [-0.2, 0) is 9.47 Å². The molecule has 0 aliphatic carbocycles. The van der Waals surface area contributed by atoms with Gasteiger partial charge in [-0.3, -0.25) is 0 Å². The van der Waals surface area contributed by atoms with E-state index in [0.29, 0.717) is 0 Å². The second kappa shape index (κ2) is 5.72. The third-order valence-corrected chi connectivity index (χ3v) is 5.04. The van der Waals surface area contributed by atoms with E-state index in [9.17, 15) is 4.79 Å². The Hall–Kier alpha value is 0.730. The zero-order valence-electron chi connectivity index (χ0n) is 8.89. The molecular formula is C9H16I2O3. The van der Waals surface area contributed by atoms with Crippen LogP contribution in [0.3, 0.4) is 0 Å². The molecule has 0 radical (unpaired) electrons. The average molecular weight is 426 g/mol. The summed E-state index contributed by atoms with van der Waals surface area (Å²) in [6, 6.07) is 0. The largest absolute Gasteiger partial charge is 0.509 e. The molecule has 0 bridgehead atoms. The topological polar surface area (TPSA) is 35.5 Å². The Morgan fingerprint density at radius 3 is 1.50 bits per heavy atom. The molecular weight excluding hydrogens is 410 g/mol. The lowest BCUT2D eigenvalue weighted by molar-refractivity contribution is -0.0420. The number of alkyl halides is 2. The van der Waals surface area contributed by atoms with Crippen molar-refractivity contribution in [3.63, 3.8) is 0 Å². The first-order valence-electron chi connectivity index (χ1n) is 4.26. The van der Waals surface area contributed by atoms with E-state index in [0.717, 1.165) is 8.86 Å². The van der Waals surface area contributed by atoms with Crippen molar-refractivity contribution in [1.29, 1.82) is 0 Å². The monoisotopic (exact) mass is 426 g/mol. The minimum atomic E-state index is -0.590. The standard InChI is InChI=1S/C9H16I2O3/c1-8(2,5-10)13-7(12)14-9(3,4)6-11/h5-6H2,1-4H3. The number of hydrogen-bond donors (Lipinski definition) is 0. The van der Waals surface area contributed by atoms with Gasteiger partial charge in [-0.05, 0) is 27.7 Å². The number of carbonyl (C=O) groups excluding carboxylic acids is 1. The summed E-state index contributed by atoms with van der Waals surface area (Å²) in [4.78, 5) is 11.3. The molecule has 0 spiro atoms. The minimum absolute atomic E-state index is 0.459. The molecule has 84 valence electrons. The molecule has 0 unspecified atom stereocenters. The molecule has 0 aromatic carbocycles. The first kappa shape index (κ1) is 14.7. The van der Waals surface area contributed by atoms with Crippen LogP contribution in [0.2, 0.25) is 0 Å². The van der Waals surface area contributed by atoms with Crippen molar-refractivity contribution >= 4 is 51.3 Å². The highest BCUT2D eigenvalue weighted by Gasteiger charge is 2.27. The summed E-state index contributed by atoms with van der Waals surface area (Å²) in [6.07, 6.45) is -0.590. The summed E-state index contributed by atoms with van der Waals surface area (Å²) in [5, 5.41) is 0. The molecule has 0 amide bonds. The van der Waals surface area contributed by atoms with Crippen molar-refractivity contribution in [3.05, 3.63) is 0 Å². The summed E-state index contributed by atoms with van der Waals surface area (Å²) in [5.41, 5.74) is -0.919. The number of carbonyl (C=O) groups is 1. The highest BCUT2D eigenvalue weighted by molar-refractivity contribution is 14.1. The summed E-state index contributed by atoms with van der Waals surface area (Å²) >= 11 is 4.35. The van der Waals surface area contributed by atoms with E-state index in [1.807, 2.05) is 27.7 Å². The van der Waals surface area contributed by atoms with Crippen molar-refractivity contribution in [3.8, 4) is 0 Å². The summed E-state index contributed by atoms with van der Waals surface area (Å²) in [5.74, 6) is 0. The van der Waals surface area contributed by atoms with Gasteiger partial charge in [0.1, 0.15) is 11.2 Å². The van der Waals surface area contributed by atoms with Gasteiger partial charge >= 0.3 is 6.16 Å². The number of halogens is 2. The van der Waals surface area contributed by atoms with E-state index in [1.54, 1.807) is 0 Å². The molecule has 0 saturated carbocycles. The Morgan fingerprint density at radius 2 is 1.29 bits per heavy atom. The Morgan fingerprint density at radius 1 is 1.00 bits per heavy atom. The van der Waals surface area contributed by atoms with Gasteiger partial charge in [0.25, 0.3) is 0 Å². The Labute approximate surface area is 113 Å². The Bertz CT molecular complexity index is 182. The quantitative estimate of drug-likeness (QED) is 0.392. The van der Waals surface area contributed by atoms with E-state index in [4.69, 9.17) is 9.47 Å². The molecule has 0 N–H and O–H groups in total. The predicted molar refractivity (Wildman–Crippen MR) is 73.5 cm³/mol. The van der Waals surface area contributed by atoms with Crippen LogP contribution in [0.4, 0.5) is 4.79 Å². The lowest BCUT2D eigenvalue weighted by Crippen LogP contribution is -2.35. The van der Waals surface area contributed by atoms with Gasteiger partial charge in [0.15, 0.2) is 0 Å². The highest BCUT2D eigenvalue weighted by atomic mass is 127. The fourth-order valence-electron chi connectivity index (χ4n) is 0.527.